The van der Waals surface area contributed by atoms with Crippen molar-refractivity contribution >= 4 is 17.7 Å². The molecule has 1 aromatic carbocycles. The number of hydrogen-bond acceptors (Lipinski definition) is 4. The highest BCUT2D eigenvalue weighted by atomic mass is 32.2. The average molecular weight is 337 g/mol. The molecule has 1 heterocycles. The first-order valence-corrected chi connectivity index (χ1v) is 9.25. The molecule has 23 heavy (non-hydrogen) atoms. The molecule has 1 amide bonds. The molecule has 1 aromatic rings. The van der Waals surface area contributed by atoms with Gasteiger partial charge in [-0.25, -0.2) is 0 Å². The highest BCUT2D eigenvalue weighted by Gasteiger charge is 2.23. The van der Waals surface area contributed by atoms with Crippen LogP contribution in [0.3, 0.4) is 0 Å². The summed E-state index contributed by atoms with van der Waals surface area (Å²) in [5.41, 5.74) is 3.71. The van der Waals surface area contributed by atoms with E-state index in [9.17, 15) is 4.79 Å². The van der Waals surface area contributed by atoms with Gasteiger partial charge in [0, 0.05) is 18.2 Å². The third-order valence-corrected chi connectivity index (χ3v) is 5.13. The molecule has 0 saturated carbocycles. The number of rotatable bonds is 5. The van der Waals surface area contributed by atoms with Crippen molar-refractivity contribution in [3.8, 4) is 5.75 Å². The molecule has 1 atom stereocenters. The number of hydrogen-bond donors (Lipinski definition) is 2. The normalized spacial score (nSPS) is 18.0. The van der Waals surface area contributed by atoms with Crippen molar-refractivity contribution in [3.63, 3.8) is 0 Å². The van der Waals surface area contributed by atoms with Gasteiger partial charge in [-0.2, -0.15) is 0 Å². The number of thioether (sulfide) groups is 1. The standard InChI is InChI=1S/C18H28N2O2S/c1-12-8-16(22-5)14(18(2,3)4)9-13(12)6-7-19-17(21)15-10-23-11-20-15/h8-9,15,20H,6-7,10-11H2,1-5H3,(H,19,21). The quantitative estimate of drug-likeness (QED) is 0.868. The summed E-state index contributed by atoms with van der Waals surface area (Å²) >= 11 is 1.77. The lowest BCUT2D eigenvalue weighted by Crippen LogP contribution is -2.42. The average Bonchev–Trinajstić information content (AvgIpc) is 3.01. The van der Waals surface area contributed by atoms with Crippen LogP contribution in [0.4, 0.5) is 0 Å². The first-order valence-electron chi connectivity index (χ1n) is 8.09. The summed E-state index contributed by atoms with van der Waals surface area (Å²) in [6.45, 7) is 9.33. The van der Waals surface area contributed by atoms with E-state index >= 15 is 0 Å². The Morgan fingerprint density at radius 1 is 1.43 bits per heavy atom. The second-order valence-corrected chi connectivity index (χ2v) is 8.07. The van der Waals surface area contributed by atoms with E-state index in [0.717, 1.165) is 23.8 Å². The van der Waals surface area contributed by atoms with Gasteiger partial charge < -0.3 is 10.1 Å². The first-order chi connectivity index (χ1) is 10.8. The zero-order valence-corrected chi connectivity index (χ0v) is 15.6. The molecule has 1 unspecified atom stereocenters. The largest absolute Gasteiger partial charge is 0.496 e. The molecule has 1 fully saturated rings. The number of carbonyl (C=O) groups is 1. The summed E-state index contributed by atoms with van der Waals surface area (Å²) in [5.74, 6) is 2.78. The molecule has 0 aromatic heterocycles. The van der Waals surface area contributed by atoms with E-state index in [1.807, 2.05) is 0 Å². The van der Waals surface area contributed by atoms with Gasteiger partial charge in [0.2, 0.25) is 5.91 Å². The molecule has 0 radical (unpaired) electrons. The third kappa shape index (κ3) is 4.64. The minimum Gasteiger partial charge on any atom is -0.496 e. The van der Waals surface area contributed by atoms with Gasteiger partial charge in [0.05, 0.1) is 13.2 Å². The summed E-state index contributed by atoms with van der Waals surface area (Å²) in [6, 6.07) is 4.29. The Kier molecular flexibility index (Phi) is 5.98. The molecule has 0 bridgehead atoms. The molecule has 0 aliphatic carbocycles. The lowest BCUT2D eigenvalue weighted by Gasteiger charge is -2.24. The molecule has 1 aliphatic heterocycles. The number of nitrogens with one attached hydrogen (secondary N) is 2. The third-order valence-electron chi connectivity index (χ3n) is 4.19. The van der Waals surface area contributed by atoms with Crippen LogP contribution >= 0.6 is 11.8 Å². The molecule has 128 valence electrons. The molecular weight excluding hydrogens is 308 g/mol. The van der Waals surface area contributed by atoms with E-state index in [1.165, 1.54) is 16.7 Å². The summed E-state index contributed by atoms with van der Waals surface area (Å²) in [5, 5.41) is 6.24. The number of benzene rings is 1. The van der Waals surface area contributed by atoms with Crippen molar-refractivity contribution in [1.82, 2.24) is 10.6 Å². The summed E-state index contributed by atoms with van der Waals surface area (Å²) in [7, 11) is 1.72. The van der Waals surface area contributed by atoms with Gasteiger partial charge in [0.25, 0.3) is 0 Å². The van der Waals surface area contributed by atoms with Crippen molar-refractivity contribution in [3.05, 3.63) is 28.8 Å². The van der Waals surface area contributed by atoms with Crippen molar-refractivity contribution in [2.75, 3.05) is 25.3 Å². The van der Waals surface area contributed by atoms with Crippen molar-refractivity contribution in [2.24, 2.45) is 0 Å². The maximum absolute atomic E-state index is 12.0. The fourth-order valence-corrected chi connectivity index (χ4v) is 3.70. The van der Waals surface area contributed by atoms with Crippen LogP contribution in [-0.4, -0.2) is 37.2 Å². The zero-order chi connectivity index (χ0) is 17.0. The van der Waals surface area contributed by atoms with E-state index in [1.54, 1.807) is 18.9 Å². The van der Waals surface area contributed by atoms with Crippen molar-refractivity contribution in [1.29, 1.82) is 0 Å². The highest BCUT2D eigenvalue weighted by molar-refractivity contribution is 7.99. The van der Waals surface area contributed by atoms with Gasteiger partial charge in [0.1, 0.15) is 5.75 Å². The van der Waals surface area contributed by atoms with Gasteiger partial charge in [-0.1, -0.05) is 26.8 Å². The first kappa shape index (κ1) is 18.1. The molecule has 2 rings (SSSR count). The van der Waals surface area contributed by atoms with Crippen LogP contribution in [0.1, 0.15) is 37.5 Å². The molecule has 2 N–H and O–H groups in total. The van der Waals surface area contributed by atoms with E-state index in [2.05, 4.69) is 50.5 Å². The van der Waals surface area contributed by atoms with Crippen LogP contribution in [-0.2, 0) is 16.6 Å². The molecule has 1 saturated heterocycles. The lowest BCUT2D eigenvalue weighted by atomic mass is 9.84. The second kappa shape index (κ2) is 7.58. The topological polar surface area (TPSA) is 50.4 Å². The summed E-state index contributed by atoms with van der Waals surface area (Å²) < 4.78 is 5.54. The van der Waals surface area contributed by atoms with Gasteiger partial charge in [-0.15, -0.1) is 11.8 Å². The molecule has 0 spiro atoms. The number of aryl methyl sites for hydroxylation is 1. The Morgan fingerprint density at radius 3 is 2.74 bits per heavy atom. The fraction of sp³-hybridized carbons (Fsp3) is 0.611. The zero-order valence-electron chi connectivity index (χ0n) is 14.8. The summed E-state index contributed by atoms with van der Waals surface area (Å²) in [6.07, 6.45) is 0.838. The maximum atomic E-state index is 12.0. The van der Waals surface area contributed by atoms with E-state index in [4.69, 9.17) is 4.74 Å². The van der Waals surface area contributed by atoms with Gasteiger partial charge in [-0.05, 0) is 41.5 Å². The Bertz CT molecular complexity index is 561. The molecular formula is C18H28N2O2S. The monoisotopic (exact) mass is 336 g/mol. The van der Waals surface area contributed by atoms with Crippen LogP contribution in [0.5, 0.6) is 5.75 Å². The predicted molar refractivity (Wildman–Crippen MR) is 97.4 cm³/mol. The Balaban J connectivity index is 2.03. The number of ether oxygens (including phenoxy) is 1. The Hall–Kier alpha value is -1.20. The molecule has 1 aliphatic rings. The smallest absolute Gasteiger partial charge is 0.238 e. The Morgan fingerprint density at radius 2 is 2.17 bits per heavy atom. The van der Waals surface area contributed by atoms with E-state index < -0.39 is 0 Å². The Labute approximate surface area is 143 Å². The van der Waals surface area contributed by atoms with E-state index in [-0.39, 0.29) is 17.4 Å². The van der Waals surface area contributed by atoms with Crippen molar-refractivity contribution < 1.29 is 9.53 Å². The fourth-order valence-electron chi connectivity index (χ4n) is 2.76. The van der Waals surface area contributed by atoms with Crippen LogP contribution in [0, 0.1) is 6.92 Å². The summed E-state index contributed by atoms with van der Waals surface area (Å²) in [4.78, 5) is 12.0. The predicted octanol–water partition coefficient (Wildman–Crippen LogP) is 2.62. The van der Waals surface area contributed by atoms with Gasteiger partial charge >= 0.3 is 0 Å². The maximum Gasteiger partial charge on any atom is 0.238 e. The van der Waals surface area contributed by atoms with Crippen LogP contribution < -0.4 is 15.4 Å². The second-order valence-electron chi connectivity index (χ2n) is 7.04. The molecule has 4 nitrogen and oxygen atoms in total. The minimum atomic E-state index is -0.0397. The number of carbonyl (C=O) groups excluding carboxylic acids is 1. The number of methoxy groups -OCH3 is 1. The lowest BCUT2D eigenvalue weighted by molar-refractivity contribution is -0.122. The van der Waals surface area contributed by atoms with Crippen molar-refractivity contribution in [2.45, 2.75) is 45.6 Å². The van der Waals surface area contributed by atoms with E-state index in [0.29, 0.717) is 6.54 Å². The number of amides is 1. The van der Waals surface area contributed by atoms with Crippen LogP contribution in [0.2, 0.25) is 0 Å². The van der Waals surface area contributed by atoms with Gasteiger partial charge in [-0.3, -0.25) is 10.1 Å². The van der Waals surface area contributed by atoms with Crippen LogP contribution in [0.25, 0.3) is 0 Å². The SMILES string of the molecule is COc1cc(C)c(CCNC(=O)C2CSCN2)cc1C(C)(C)C. The van der Waals surface area contributed by atoms with Gasteiger partial charge in [0.15, 0.2) is 0 Å². The minimum absolute atomic E-state index is 0.0298. The molecule has 5 heteroatoms. The van der Waals surface area contributed by atoms with Crippen LogP contribution in [0.15, 0.2) is 12.1 Å². The highest BCUT2D eigenvalue weighted by Crippen LogP contribution is 2.33.